The predicted molar refractivity (Wildman–Crippen MR) is 131 cm³/mol. The van der Waals surface area contributed by atoms with Crippen molar-refractivity contribution in [3.8, 4) is 5.75 Å². The van der Waals surface area contributed by atoms with Crippen molar-refractivity contribution in [3.63, 3.8) is 0 Å². The zero-order valence-corrected chi connectivity index (χ0v) is 19.9. The molecule has 0 aliphatic carbocycles. The van der Waals surface area contributed by atoms with Crippen molar-refractivity contribution in [2.45, 2.75) is 26.1 Å². The first kappa shape index (κ1) is 25.1. The van der Waals surface area contributed by atoms with Crippen LogP contribution in [-0.4, -0.2) is 37.0 Å². The number of methoxy groups -OCH3 is 1. The van der Waals surface area contributed by atoms with Crippen molar-refractivity contribution in [1.82, 2.24) is 4.90 Å². The van der Waals surface area contributed by atoms with Crippen LogP contribution in [-0.2, 0) is 12.7 Å². The highest BCUT2D eigenvalue weighted by Crippen LogP contribution is 2.32. The van der Waals surface area contributed by atoms with E-state index in [0.717, 1.165) is 17.7 Å². The molecule has 0 bridgehead atoms. The summed E-state index contributed by atoms with van der Waals surface area (Å²) in [7, 11) is 1.54. The summed E-state index contributed by atoms with van der Waals surface area (Å²) in [6, 6.07) is 16.7. The van der Waals surface area contributed by atoms with Gasteiger partial charge in [0.25, 0.3) is 5.91 Å². The summed E-state index contributed by atoms with van der Waals surface area (Å²) in [5.41, 5.74) is 1.99. The van der Waals surface area contributed by atoms with Crippen LogP contribution in [0, 0.1) is 6.92 Å². The molecule has 1 N–H and O–H groups in total. The van der Waals surface area contributed by atoms with E-state index in [2.05, 4.69) is 5.32 Å². The summed E-state index contributed by atoms with van der Waals surface area (Å²) in [6.45, 7) is 2.78. The molecular formula is C27H26F3N3O3. The molecule has 1 heterocycles. The minimum absolute atomic E-state index is 0.0542. The molecule has 0 unspecified atom stereocenters. The Morgan fingerprint density at radius 1 is 1.03 bits per heavy atom. The number of hydrogen-bond donors (Lipinski definition) is 1. The minimum Gasteiger partial charge on any atom is -0.497 e. The molecule has 3 aromatic rings. The van der Waals surface area contributed by atoms with E-state index in [-0.39, 0.29) is 18.5 Å². The second-order valence-electron chi connectivity index (χ2n) is 8.61. The molecule has 0 aromatic heterocycles. The number of alkyl halides is 3. The molecule has 36 heavy (non-hydrogen) atoms. The first-order valence-electron chi connectivity index (χ1n) is 11.4. The van der Waals surface area contributed by atoms with Gasteiger partial charge < -0.3 is 15.0 Å². The number of benzene rings is 3. The molecule has 6 nitrogen and oxygen atoms in total. The van der Waals surface area contributed by atoms with Crippen molar-refractivity contribution >= 4 is 23.3 Å². The molecule has 9 heteroatoms. The lowest BCUT2D eigenvalue weighted by atomic mass is 10.1. The molecule has 188 valence electrons. The Hall–Kier alpha value is -4.01. The monoisotopic (exact) mass is 497 g/mol. The number of carbonyl (C=O) groups is 2. The van der Waals surface area contributed by atoms with E-state index in [1.807, 2.05) is 13.0 Å². The number of amides is 3. The number of carbonyl (C=O) groups excluding carboxylic acids is 2. The summed E-state index contributed by atoms with van der Waals surface area (Å²) < 4.78 is 44.5. The lowest BCUT2D eigenvalue weighted by Gasteiger charge is -2.36. The number of ether oxygens (including phenoxy) is 1. The van der Waals surface area contributed by atoms with Gasteiger partial charge in [-0.15, -0.1) is 0 Å². The molecule has 3 amide bonds. The first-order valence-corrected chi connectivity index (χ1v) is 11.4. The second-order valence-corrected chi connectivity index (χ2v) is 8.61. The Labute approximate surface area is 207 Å². The number of nitrogens with one attached hydrogen (secondary N) is 1. The Kier molecular flexibility index (Phi) is 7.19. The third-order valence-corrected chi connectivity index (χ3v) is 5.98. The fraction of sp³-hybridized carbons (Fsp3) is 0.259. The zero-order chi connectivity index (χ0) is 25.9. The summed E-state index contributed by atoms with van der Waals surface area (Å²) in [5, 5.41) is 2.89. The smallest absolute Gasteiger partial charge is 0.416 e. The van der Waals surface area contributed by atoms with Gasteiger partial charge in [0.05, 0.1) is 24.0 Å². The largest absolute Gasteiger partial charge is 0.497 e. The van der Waals surface area contributed by atoms with Gasteiger partial charge in [0.1, 0.15) is 5.75 Å². The fourth-order valence-corrected chi connectivity index (χ4v) is 4.14. The first-order chi connectivity index (χ1) is 17.2. The van der Waals surface area contributed by atoms with Crippen LogP contribution in [0.5, 0.6) is 5.75 Å². The molecule has 3 aromatic carbocycles. The van der Waals surface area contributed by atoms with Crippen LogP contribution in [0.1, 0.15) is 33.5 Å². The number of urea groups is 1. The number of nitrogens with zero attached hydrogens (tertiary/aromatic N) is 2. The van der Waals surface area contributed by atoms with Crippen LogP contribution >= 0.6 is 0 Å². The maximum atomic E-state index is 13.4. The summed E-state index contributed by atoms with van der Waals surface area (Å²) in [6.07, 6.45) is -3.82. The second kappa shape index (κ2) is 10.3. The molecule has 0 saturated carbocycles. The van der Waals surface area contributed by atoms with Crippen molar-refractivity contribution < 1.29 is 27.5 Å². The summed E-state index contributed by atoms with van der Waals surface area (Å²) in [5.74, 6) is 0.289. The number of anilines is 2. The number of halogens is 3. The Morgan fingerprint density at radius 2 is 1.78 bits per heavy atom. The maximum Gasteiger partial charge on any atom is 0.416 e. The minimum atomic E-state index is -4.45. The van der Waals surface area contributed by atoms with Crippen LogP contribution in [0.15, 0.2) is 66.7 Å². The van der Waals surface area contributed by atoms with E-state index < -0.39 is 11.7 Å². The van der Waals surface area contributed by atoms with Gasteiger partial charge >= 0.3 is 12.2 Å². The molecule has 4 rings (SSSR count). The highest BCUT2D eigenvalue weighted by Gasteiger charge is 2.32. The number of rotatable bonds is 6. The number of hydrogen-bond acceptors (Lipinski definition) is 3. The molecule has 0 atom stereocenters. The maximum absolute atomic E-state index is 13.4. The molecule has 1 fully saturated rings. The van der Waals surface area contributed by atoms with Crippen molar-refractivity contribution in [1.29, 1.82) is 0 Å². The van der Waals surface area contributed by atoms with E-state index in [0.29, 0.717) is 47.8 Å². The van der Waals surface area contributed by atoms with Gasteiger partial charge in [0, 0.05) is 25.2 Å². The van der Waals surface area contributed by atoms with Gasteiger partial charge in [-0.1, -0.05) is 18.2 Å². The van der Waals surface area contributed by atoms with E-state index in [9.17, 15) is 22.8 Å². The van der Waals surface area contributed by atoms with E-state index in [4.69, 9.17) is 4.74 Å². The quantitative estimate of drug-likeness (QED) is 0.447. The van der Waals surface area contributed by atoms with Gasteiger partial charge in [-0.2, -0.15) is 13.2 Å². The standard InChI is InChI=1S/C27H26F3N3O3/c1-18-7-12-24(23(15-18)31-25(34)20-8-10-22(36-2)11-9-20)33-14-4-13-32(26(33)35)17-19-5-3-6-21(16-19)27(28,29)30/h3,5-12,15-16H,4,13-14,17H2,1-2H3,(H,31,34). The van der Waals surface area contributed by atoms with Gasteiger partial charge in [-0.05, 0) is 73.0 Å². The van der Waals surface area contributed by atoms with Crippen molar-refractivity contribution in [2.24, 2.45) is 0 Å². The summed E-state index contributed by atoms with van der Waals surface area (Å²) in [4.78, 5) is 29.4. The van der Waals surface area contributed by atoms with Gasteiger partial charge in [-0.25, -0.2) is 4.79 Å². The van der Waals surface area contributed by atoms with E-state index >= 15 is 0 Å². The molecule has 0 spiro atoms. The average Bonchev–Trinajstić information content (AvgIpc) is 2.85. The SMILES string of the molecule is COc1ccc(C(=O)Nc2cc(C)ccc2N2CCCN(Cc3cccc(C(F)(F)F)c3)C2=O)cc1. The Bertz CT molecular complexity index is 1260. The van der Waals surface area contributed by atoms with Gasteiger partial charge in [0.15, 0.2) is 0 Å². The molecule has 1 aliphatic heterocycles. The van der Waals surface area contributed by atoms with Crippen LogP contribution in [0.25, 0.3) is 0 Å². The lowest BCUT2D eigenvalue weighted by molar-refractivity contribution is -0.137. The topological polar surface area (TPSA) is 61.9 Å². The number of aryl methyl sites for hydroxylation is 1. The Balaban J connectivity index is 1.55. The molecule has 1 saturated heterocycles. The average molecular weight is 498 g/mol. The van der Waals surface area contributed by atoms with Crippen LogP contribution in [0.4, 0.5) is 29.3 Å². The normalized spacial score (nSPS) is 14.1. The van der Waals surface area contributed by atoms with Gasteiger partial charge in [-0.3, -0.25) is 9.69 Å². The third-order valence-electron chi connectivity index (χ3n) is 5.98. The van der Waals surface area contributed by atoms with Crippen molar-refractivity contribution in [2.75, 3.05) is 30.4 Å². The third kappa shape index (κ3) is 5.62. The zero-order valence-electron chi connectivity index (χ0n) is 19.9. The highest BCUT2D eigenvalue weighted by molar-refractivity contribution is 6.07. The molecule has 1 aliphatic rings. The highest BCUT2D eigenvalue weighted by atomic mass is 19.4. The predicted octanol–water partition coefficient (Wildman–Crippen LogP) is 6.11. The van der Waals surface area contributed by atoms with Crippen LogP contribution in [0.2, 0.25) is 0 Å². The van der Waals surface area contributed by atoms with Crippen LogP contribution in [0.3, 0.4) is 0 Å². The molecule has 0 radical (unpaired) electrons. The molecular weight excluding hydrogens is 471 g/mol. The summed E-state index contributed by atoms with van der Waals surface area (Å²) >= 11 is 0. The fourth-order valence-electron chi connectivity index (χ4n) is 4.14. The van der Waals surface area contributed by atoms with Crippen molar-refractivity contribution in [3.05, 3.63) is 89.0 Å². The van der Waals surface area contributed by atoms with E-state index in [1.54, 1.807) is 54.5 Å². The lowest BCUT2D eigenvalue weighted by Crippen LogP contribution is -2.49. The van der Waals surface area contributed by atoms with Crippen LogP contribution < -0.4 is 15.0 Å². The van der Waals surface area contributed by atoms with E-state index in [1.165, 1.54) is 11.0 Å². The van der Waals surface area contributed by atoms with Gasteiger partial charge in [0.2, 0.25) is 0 Å². The Morgan fingerprint density at radius 3 is 2.47 bits per heavy atom.